The van der Waals surface area contributed by atoms with Crippen LogP contribution in [-0.2, 0) is 0 Å². The first-order valence-electron chi connectivity index (χ1n) is 5.95. The molecule has 4 nitrogen and oxygen atoms in total. The smallest absolute Gasteiger partial charge is 0.173 e. The third-order valence-electron chi connectivity index (χ3n) is 2.91. The maximum absolute atomic E-state index is 11.2. The number of carbonyl (C=O) groups is 1. The number of rotatable bonds is 3. The van der Waals surface area contributed by atoms with Gasteiger partial charge in [0.2, 0.25) is 0 Å². The summed E-state index contributed by atoms with van der Waals surface area (Å²) >= 11 is 0. The normalized spacial score (nSPS) is 10.6. The molecule has 2 heterocycles. The summed E-state index contributed by atoms with van der Waals surface area (Å²) in [5.41, 5.74) is 1.63. The highest BCUT2D eigenvalue weighted by atomic mass is 16.3. The highest BCUT2D eigenvalue weighted by Crippen LogP contribution is 2.26. The van der Waals surface area contributed by atoms with Gasteiger partial charge >= 0.3 is 0 Å². The fourth-order valence-electron chi connectivity index (χ4n) is 1.89. The van der Waals surface area contributed by atoms with Crippen molar-refractivity contribution in [2.75, 3.05) is 0 Å². The van der Waals surface area contributed by atoms with E-state index < -0.39 is 0 Å². The predicted molar refractivity (Wildman–Crippen MR) is 71.7 cm³/mol. The maximum Gasteiger partial charge on any atom is 0.173 e. The van der Waals surface area contributed by atoms with E-state index in [4.69, 9.17) is 4.42 Å². The van der Waals surface area contributed by atoms with Crippen LogP contribution in [0.2, 0.25) is 0 Å². The standard InChI is InChI=1S/C15H12N2O2/c1-10(18)11-2-4-12(5-3-11)13-6-7-14(19-13)15-16-8-9-17-15/h2-9H,1H3,(H,16,17). The molecule has 1 aromatic carbocycles. The molecule has 0 aliphatic carbocycles. The molecule has 0 spiro atoms. The van der Waals surface area contributed by atoms with E-state index in [1.54, 1.807) is 31.5 Å². The summed E-state index contributed by atoms with van der Waals surface area (Å²) in [7, 11) is 0. The minimum Gasteiger partial charge on any atom is -0.453 e. The summed E-state index contributed by atoms with van der Waals surface area (Å²) in [5, 5.41) is 0. The van der Waals surface area contributed by atoms with Gasteiger partial charge in [0.15, 0.2) is 17.4 Å². The Kier molecular flexibility index (Phi) is 2.76. The van der Waals surface area contributed by atoms with Gasteiger partial charge in [-0.25, -0.2) is 4.98 Å². The molecule has 0 aliphatic heterocycles. The first kappa shape index (κ1) is 11.5. The number of Topliss-reactive ketones (excluding diaryl/α,β-unsaturated/α-hetero) is 1. The van der Waals surface area contributed by atoms with Crippen molar-refractivity contribution in [2.24, 2.45) is 0 Å². The van der Waals surface area contributed by atoms with Crippen LogP contribution in [0.4, 0.5) is 0 Å². The number of hydrogen-bond acceptors (Lipinski definition) is 3. The first-order chi connectivity index (χ1) is 9.24. The summed E-state index contributed by atoms with van der Waals surface area (Å²) in [6, 6.07) is 11.1. The zero-order valence-electron chi connectivity index (χ0n) is 10.4. The lowest BCUT2D eigenvalue weighted by molar-refractivity contribution is 0.101. The third kappa shape index (κ3) is 2.20. The van der Waals surface area contributed by atoms with E-state index in [1.807, 2.05) is 24.3 Å². The van der Waals surface area contributed by atoms with Crippen molar-refractivity contribution in [2.45, 2.75) is 6.92 Å². The Labute approximate surface area is 110 Å². The monoisotopic (exact) mass is 252 g/mol. The zero-order chi connectivity index (χ0) is 13.2. The summed E-state index contributed by atoms with van der Waals surface area (Å²) in [6.07, 6.45) is 3.43. The van der Waals surface area contributed by atoms with Crippen molar-refractivity contribution in [3.05, 3.63) is 54.4 Å². The fraction of sp³-hybridized carbons (Fsp3) is 0.0667. The van der Waals surface area contributed by atoms with Crippen LogP contribution in [0.5, 0.6) is 0 Å². The number of hydrogen-bond donors (Lipinski definition) is 1. The Morgan fingerprint density at radius 3 is 2.47 bits per heavy atom. The molecule has 94 valence electrons. The highest BCUT2D eigenvalue weighted by molar-refractivity contribution is 5.94. The minimum absolute atomic E-state index is 0.0577. The van der Waals surface area contributed by atoms with Gasteiger partial charge in [-0.05, 0) is 19.1 Å². The lowest BCUT2D eigenvalue weighted by Crippen LogP contribution is -1.90. The zero-order valence-corrected chi connectivity index (χ0v) is 10.4. The number of ketones is 1. The van der Waals surface area contributed by atoms with Crippen molar-refractivity contribution in [1.29, 1.82) is 0 Å². The number of nitrogens with zero attached hydrogens (tertiary/aromatic N) is 1. The van der Waals surface area contributed by atoms with E-state index in [0.717, 1.165) is 11.3 Å². The van der Waals surface area contributed by atoms with E-state index in [1.165, 1.54) is 0 Å². The number of imidazole rings is 1. The number of aromatic amines is 1. The average Bonchev–Trinajstić information content (AvgIpc) is 3.10. The molecule has 3 rings (SSSR count). The van der Waals surface area contributed by atoms with E-state index in [9.17, 15) is 4.79 Å². The number of furan rings is 1. The van der Waals surface area contributed by atoms with Crippen molar-refractivity contribution >= 4 is 5.78 Å². The molecule has 2 aromatic heterocycles. The lowest BCUT2D eigenvalue weighted by Gasteiger charge is -1.99. The summed E-state index contributed by atoms with van der Waals surface area (Å²) in [5.74, 6) is 2.20. The molecule has 0 aliphatic rings. The molecule has 3 aromatic rings. The molecule has 0 unspecified atom stereocenters. The van der Waals surface area contributed by atoms with Crippen molar-refractivity contribution < 1.29 is 9.21 Å². The maximum atomic E-state index is 11.2. The molecule has 19 heavy (non-hydrogen) atoms. The quantitative estimate of drug-likeness (QED) is 0.725. The Bertz CT molecular complexity index is 694. The number of aromatic nitrogens is 2. The van der Waals surface area contributed by atoms with Crippen LogP contribution in [0.3, 0.4) is 0 Å². The third-order valence-corrected chi connectivity index (χ3v) is 2.91. The largest absolute Gasteiger partial charge is 0.453 e. The molecule has 0 bridgehead atoms. The second kappa shape index (κ2) is 4.57. The minimum atomic E-state index is 0.0577. The van der Waals surface area contributed by atoms with Gasteiger partial charge < -0.3 is 9.40 Å². The van der Waals surface area contributed by atoms with E-state index >= 15 is 0 Å². The van der Waals surface area contributed by atoms with Crippen molar-refractivity contribution in [3.8, 4) is 22.9 Å². The fourth-order valence-corrected chi connectivity index (χ4v) is 1.89. The van der Waals surface area contributed by atoms with Crippen LogP contribution in [0.25, 0.3) is 22.9 Å². The Balaban J connectivity index is 1.92. The second-order valence-electron chi connectivity index (χ2n) is 4.24. The molecule has 4 heteroatoms. The van der Waals surface area contributed by atoms with Gasteiger partial charge in [0.25, 0.3) is 0 Å². The number of H-pyrrole nitrogens is 1. The molecule has 1 N–H and O–H groups in total. The number of benzene rings is 1. The first-order valence-corrected chi connectivity index (χ1v) is 5.95. The molecule has 0 amide bonds. The second-order valence-corrected chi connectivity index (χ2v) is 4.24. The van der Waals surface area contributed by atoms with Gasteiger partial charge in [-0.15, -0.1) is 0 Å². The van der Waals surface area contributed by atoms with Gasteiger partial charge in [0, 0.05) is 23.5 Å². The topological polar surface area (TPSA) is 58.9 Å². The molecule has 0 fully saturated rings. The van der Waals surface area contributed by atoms with Crippen LogP contribution in [0.15, 0.2) is 53.2 Å². The van der Waals surface area contributed by atoms with E-state index in [-0.39, 0.29) is 5.78 Å². The van der Waals surface area contributed by atoms with Gasteiger partial charge in [0.1, 0.15) is 5.76 Å². The highest BCUT2D eigenvalue weighted by Gasteiger charge is 2.08. The summed E-state index contributed by atoms with van der Waals surface area (Å²) < 4.78 is 5.74. The lowest BCUT2D eigenvalue weighted by atomic mass is 10.1. The van der Waals surface area contributed by atoms with Gasteiger partial charge in [-0.3, -0.25) is 4.79 Å². The SMILES string of the molecule is CC(=O)c1ccc(-c2ccc(-c3ncc[nH]3)o2)cc1. The van der Waals surface area contributed by atoms with Crippen LogP contribution in [-0.4, -0.2) is 15.8 Å². The van der Waals surface area contributed by atoms with Crippen LogP contribution in [0.1, 0.15) is 17.3 Å². The van der Waals surface area contributed by atoms with Crippen LogP contribution < -0.4 is 0 Å². The predicted octanol–water partition coefficient (Wildman–Crippen LogP) is 3.54. The molecule has 0 saturated heterocycles. The van der Waals surface area contributed by atoms with Crippen molar-refractivity contribution in [3.63, 3.8) is 0 Å². The molecular formula is C15H12N2O2. The summed E-state index contributed by atoms with van der Waals surface area (Å²) in [6.45, 7) is 1.55. The van der Waals surface area contributed by atoms with Crippen molar-refractivity contribution in [1.82, 2.24) is 9.97 Å². The number of nitrogens with one attached hydrogen (secondary N) is 1. The summed E-state index contributed by atoms with van der Waals surface area (Å²) in [4.78, 5) is 18.3. The Morgan fingerprint density at radius 2 is 1.84 bits per heavy atom. The Morgan fingerprint density at radius 1 is 1.11 bits per heavy atom. The van der Waals surface area contributed by atoms with Gasteiger partial charge in [-0.2, -0.15) is 0 Å². The van der Waals surface area contributed by atoms with Crippen LogP contribution in [0, 0.1) is 0 Å². The average molecular weight is 252 g/mol. The van der Waals surface area contributed by atoms with Crippen LogP contribution >= 0.6 is 0 Å². The van der Waals surface area contributed by atoms with Gasteiger partial charge in [-0.1, -0.05) is 24.3 Å². The molecule has 0 atom stereocenters. The van der Waals surface area contributed by atoms with E-state index in [2.05, 4.69) is 9.97 Å². The molecule has 0 radical (unpaired) electrons. The van der Waals surface area contributed by atoms with Gasteiger partial charge in [0.05, 0.1) is 0 Å². The Hall–Kier alpha value is -2.62. The molecular weight excluding hydrogens is 240 g/mol. The van der Waals surface area contributed by atoms with E-state index in [0.29, 0.717) is 17.1 Å². The molecule has 0 saturated carbocycles. The number of carbonyl (C=O) groups excluding carboxylic acids is 1.